The second-order valence-electron chi connectivity index (χ2n) is 2.81. The van der Waals surface area contributed by atoms with Gasteiger partial charge >= 0.3 is 29.6 Å². The molecule has 0 N–H and O–H groups in total. The Morgan fingerprint density at radius 2 is 1.88 bits per heavy atom. The van der Waals surface area contributed by atoms with Gasteiger partial charge in [0.25, 0.3) is 0 Å². The molecule has 1 aromatic rings. The van der Waals surface area contributed by atoms with Gasteiger partial charge in [0.2, 0.25) is 0 Å². The number of allylic oxidation sites excluding steroid dienone is 1. The maximum Gasteiger partial charge on any atom is 1.00 e. The van der Waals surface area contributed by atoms with Gasteiger partial charge in [-0.15, -0.1) is 0 Å². The fourth-order valence-corrected chi connectivity index (χ4v) is 1.41. The minimum Gasteiger partial charge on any atom is -0.744 e. The van der Waals surface area contributed by atoms with Crippen molar-refractivity contribution in [3.05, 3.63) is 36.4 Å². The van der Waals surface area contributed by atoms with E-state index in [0.29, 0.717) is 12.4 Å². The van der Waals surface area contributed by atoms with Crippen LogP contribution < -0.4 is 34.3 Å². The first-order chi connectivity index (χ1) is 7.04. The van der Waals surface area contributed by atoms with Gasteiger partial charge in [-0.1, -0.05) is 12.2 Å². The molecule has 0 radical (unpaired) electrons. The van der Waals surface area contributed by atoms with Crippen molar-refractivity contribution in [2.75, 3.05) is 6.61 Å². The van der Waals surface area contributed by atoms with E-state index in [1.54, 1.807) is 0 Å². The van der Waals surface area contributed by atoms with Crippen LogP contribution in [0.15, 0.2) is 41.3 Å². The van der Waals surface area contributed by atoms with E-state index in [1.165, 1.54) is 24.3 Å². The maximum absolute atomic E-state index is 10.6. The summed E-state index contributed by atoms with van der Waals surface area (Å²) in [4.78, 5) is -0.249. The van der Waals surface area contributed by atoms with Gasteiger partial charge in [0.1, 0.15) is 22.5 Å². The summed E-state index contributed by atoms with van der Waals surface area (Å²) >= 11 is 0. The zero-order chi connectivity index (χ0) is 11.3. The fourth-order valence-electron chi connectivity index (χ4n) is 0.943. The Bertz CT molecular complexity index is 436. The number of rotatable bonds is 4. The third kappa shape index (κ3) is 5.14. The predicted octanol–water partition coefficient (Wildman–Crippen LogP) is -1.45. The van der Waals surface area contributed by atoms with E-state index >= 15 is 0 Å². The predicted molar refractivity (Wildman–Crippen MR) is 54.7 cm³/mol. The van der Waals surface area contributed by atoms with Crippen molar-refractivity contribution in [2.45, 2.75) is 11.8 Å². The van der Waals surface area contributed by atoms with E-state index in [9.17, 15) is 13.0 Å². The second-order valence-corrected chi connectivity index (χ2v) is 4.19. The summed E-state index contributed by atoms with van der Waals surface area (Å²) in [6, 6.07) is 5.36. The van der Waals surface area contributed by atoms with Crippen molar-refractivity contribution in [1.82, 2.24) is 0 Å². The van der Waals surface area contributed by atoms with Crippen LogP contribution in [-0.4, -0.2) is 19.6 Å². The molecule has 82 valence electrons. The van der Waals surface area contributed by atoms with Crippen LogP contribution in [0.25, 0.3) is 0 Å². The summed E-state index contributed by atoms with van der Waals surface area (Å²) in [6.07, 6.45) is 3.66. The Hall–Kier alpha value is -0.330. The van der Waals surface area contributed by atoms with Crippen molar-refractivity contribution in [2.24, 2.45) is 0 Å². The molecular weight excluding hydrogens is 239 g/mol. The van der Waals surface area contributed by atoms with E-state index in [0.717, 1.165) is 0 Å². The first kappa shape index (κ1) is 15.7. The molecule has 6 heteroatoms. The van der Waals surface area contributed by atoms with E-state index in [2.05, 4.69) is 0 Å². The van der Waals surface area contributed by atoms with Crippen LogP contribution in [0.4, 0.5) is 0 Å². The first-order valence-electron chi connectivity index (χ1n) is 4.34. The van der Waals surface area contributed by atoms with Gasteiger partial charge in [0.15, 0.2) is 0 Å². The molecule has 0 aliphatic heterocycles. The molecule has 0 aliphatic rings. The molecule has 16 heavy (non-hydrogen) atoms. The molecule has 0 saturated heterocycles. The Balaban J connectivity index is 0.00000225. The van der Waals surface area contributed by atoms with Crippen molar-refractivity contribution in [1.29, 1.82) is 0 Å². The molecule has 0 heterocycles. The van der Waals surface area contributed by atoms with Gasteiger partial charge in [-0.25, -0.2) is 8.42 Å². The van der Waals surface area contributed by atoms with E-state index in [4.69, 9.17) is 4.74 Å². The molecule has 0 fully saturated rings. The van der Waals surface area contributed by atoms with Crippen molar-refractivity contribution in [3.63, 3.8) is 0 Å². The number of ether oxygens (including phenoxy) is 1. The summed E-state index contributed by atoms with van der Waals surface area (Å²) in [6.45, 7) is 2.29. The molecule has 0 bridgehead atoms. The van der Waals surface area contributed by atoms with E-state index in [-0.39, 0.29) is 34.5 Å². The minimum absolute atomic E-state index is 0. The molecule has 0 atom stereocenters. The first-order valence-corrected chi connectivity index (χ1v) is 5.75. The maximum atomic E-state index is 10.6. The third-order valence-electron chi connectivity index (χ3n) is 1.69. The van der Waals surface area contributed by atoms with Gasteiger partial charge in [-0.2, -0.15) is 0 Å². The quantitative estimate of drug-likeness (QED) is 0.372. The molecule has 1 aromatic carbocycles. The number of benzene rings is 1. The number of hydrogen-bond donors (Lipinski definition) is 0. The largest absolute Gasteiger partial charge is 1.00 e. The van der Waals surface area contributed by atoms with Crippen LogP contribution in [0.2, 0.25) is 0 Å². The summed E-state index contributed by atoms with van der Waals surface area (Å²) < 4.78 is 37.0. The van der Waals surface area contributed by atoms with E-state index < -0.39 is 10.1 Å². The fraction of sp³-hybridized carbons (Fsp3) is 0.200. The topological polar surface area (TPSA) is 66.4 Å². The van der Waals surface area contributed by atoms with Gasteiger partial charge < -0.3 is 9.29 Å². The molecule has 0 unspecified atom stereocenters. The number of hydrogen-bond acceptors (Lipinski definition) is 4. The molecule has 1 rings (SSSR count). The monoisotopic (exact) mass is 250 g/mol. The molecule has 0 spiro atoms. The zero-order valence-corrected chi connectivity index (χ0v) is 12.0. The zero-order valence-electron chi connectivity index (χ0n) is 9.21. The van der Waals surface area contributed by atoms with Crippen molar-refractivity contribution >= 4 is 10.1 Å². The third-order valence-corrected chi connectivity index (χ3v) is 2.54. The molecular formula is C10H11NaO4S. The SMILES string of the molecule is C/C=C/COc1ccc(S(=O)(=O)[O-])cc1.[Na+]. The Labute approximate surface area is 117 Å². The summed E-state index contributed by atoms with van der Waals surface area (Å²) in [7, 11) is -4.36. The van der Waals surface area contributed by atoms with Crippen LogP contribution in [0.1, 0.15) is 6.92 Å². The van der Waals surface area contributed by atoms with Crippen LogP contribution in [0.5, 0.6) is 5.75 Å². The Morgan fingerprint density at radius 1 is 1.31 bits per heavy atom. The molecule has 0 aliphatic carbocycles. The van der Waals surface area contributed by atoms with E-state index in [1.807, 2.05) is 19.1 Å². The van der Waals surface area contributed by atoms with Crippen LogP contribution in [0.3, 0.4) is 0 Å². The van der Waals surface area contributed by atoms with Crippen LogP contribution in [-0.2, 0) is 10.1 Å². The molecule has 4 nitrogen and oxygen atoms in total. The van der Waals surface area contributed by atoms with Gasteiger partial charge in [-0.05, 0) is 31.2 Å². The van der Waals surface area contributed by atoms with Gasteiger partial charge in [-0.3, -0.25) is 0 Å². The van der Waals surface area contributed by atoms with Crippen molar-refractivity contribution < 1.29 is 47.3 Å². The minimum atomic E-state index is -4.36. The summed E-state index contributed by atoms with van der Waals surface area (Å²) in [5, 5.41) is 0. The van der Waals surface area contributed by atoms with Gasteiger partial charge in [0, 0.05) is 0 Å². The smallest absolute Gasteiger partial charge is 0.744 e. The van der Waals surface area contributed by atoms with Crippen LogP contribution >= 0.6 is 0 Å². The molecule has 0 aromatic heterocycles. The average Bonchev–Trinajstić information content (AvgIpc) is 2.18. The standard InChI is InChI=1S/C10H12O4S.Na/c1-2-3-8-14-9-4-6-10(7-5-9)15(11,12)13;/h2-7H,8H2,1H3,(H,11,12,13);/q;+1/p-1/b3-2+;. The summed E-state index contributed by atoms with van der Waals surface area (Å²) in [5.41, 5.74) is 0. The Morgan fingerprint density at radius 3 is 2.31 bits per heavy atom. The molecule has 0 saturated carbocycles. The second kappa shape index (κ2) is 7.09. The van der Waals surface area contributed by atoms with Crippen molar-refractivity contribution in [3.8, 4) is 5.75 Å². The van der Waals surface area contributed by atoms with Crippen LogP contribution in [0, 0.1) is 0 Å². The van der Waals surface area contributed by atoms with Gasteiger partial charge in [0.05, 0.1) is 4.90 Å². The molecule has 0 amide bonds. The average molecular weight is 250 g/mol. The Kier molecular flexibility index (Phi) is 6.94. The summed E-state index contributed by atoms with van der Waals surface area (Å²) in [5.74, 6) is 0.528. The normalized spacial score (nSPS) is 11.1.